The average molecular weight is 1170 g/mol. The van der Waals surface area contributed by atoms with Crippen LogP contribution in [-0.4, -0.2) is 17.1 Å². The van der Waals surface area contributed by atoms with E-state index in [0.717, 1.165) is 5.56 Å². The van der Waals surface area contributed by atoms with Crippen molar-refractivity contribution < 1.29 is 124 Å². The second kappa shape index (κ2) is 21.7. The maximum Gasteiger partial charge on any atom is 0.416 e. The minimum absolute atomic E-state index is 0.104. The molecule has 426 valence electrons. The van der Waals surface area contributed by atoms with E-state index in [-0.39, 0.29) is 11.4 Å². The normalized spacial score (nSPS) is 13.2. The Morgan fingerprint density at radius 1 is 0.412 bits per heavy atom. The highest BCUT2D eigenvalue weighted by Gasteiger charge is 2.47. The molecule has 0 aliphatic carbocycles. The van der Waals surface area contributed by atoms with E-state index in [2.05, 4.69) is 4.98 Å². The average Bonchev–Trinajstić information content (AvgIpc) is 3.47. The van der Waals surface area contributed by atoms with Crippen molar-refractivity contribution >= 4 is 34.0 Å². The molecule has 7 aromatic rings. The van der Waals surface area contributed by atoms with Crippen molar-refractivity contribution in [3.05, 3.63) is 208 Å². The first-order valence-electron chi connectivity index (χ1n) is 21.7. The Morgan fingerprint density at radius 3 is 0.988 bits per heavy atom. The third-order valence-electron chi connectivity index (χ3n) is 11.7. The molecule has 0 spiro atoms. The van der Waals surface area contributed by atoms with Crippen molar-refractivity contribution in [1.82, 2.24) is 4.98 Å². The van der Waals surface area contributed by atoms with Crippen LogP contribution in [0.1, 0.15) is 60.6 Å². The van der Waals surface area contributed by atoms with Gasteiger partial charge in [-0.15, -0.1) is 0 Å². The Hall–Kier alpha value is -7.82. The van der Waals surface area contributed by atoms with E-state index < -0.39 is 206 Å². The molecule has 0 unspecified atom stereocenters. The van der Waals surface area contributed by atoms with E-state index in [1.165, 1.54) is 24.4 Å². The van der Waals surface area contributed by atoms with Crippen LogP contribution < -0.4 is 31.2 Å². The van der Waals surface area contributed by atoms with Crippen LogP contribution in [0.3, 0.4) is 0 Å². The standard InChI is InChI=1S/C32H12BF24.C18H14FN2O2/c34-25(35,36)13-1-14(26(37,38)39)6-21(5-13)33(22-7-15(27(40,41)42)2-16(8-22)28(43,44)45,23-9-17(29(46,47)48)3-18(10-23)30(49,50)51)24-11-19(31(52,53)54)4-20(12-24)32(55,56)57;19-15-8-4-5-9-17(15)23-18(22)16-12-20-10-11-21(16)13-14-6-2-1-3-7-14/h1-12H;1-12H,13H2/q-1;+1. The first-order chi connectivity index (χ1) is 36.5. The van der Waals surface area contributed by atoms with Crippen LogP contribution in [0, 0.1) is 5.82 Å². The smallest absolute Gasteiger partial charge is 0.415 e. The van der Waals surface area contributed by atoms with Crippen LogP contribution in [0.15, 0.2) is 146 Å². The molecule has 80 heavy (non-hydrogen) atoms. The van der Waals surface area contributed by atoms with Gasteiger partial charge in [0.05, 0.1) is 50.7 Å². The third-order valence-corrected chi connectivity index (χ3v) is 11.7. The number of ether oxygens (including phenoxy) is 1. The van der Waals surface area contributed by atoms with Gasteiger partial charge >= 0.3 is 61.1 Å². The van der Waals surface area contributed by atoms with E-state index in [1.807, 2.05) is 30.3 Å². The van der Waals surface area contributed by atoms with E-state index in [0.29, 0.717) is 6.54 Å². The number of para-hydroxylation sites is 1. The molecule has 30 heteroatoms. The highest BCUT2D eigenvalue weighted by Crippen LogP contribution is 2.41. The van der Waals surface area contributed by atoms with Crippen molar-refractivity contribution in [1.29, 1.82) is 0 Å². The Balaban J connectivity index is 0.000000370. The lowest BCUT2D eigenvalue weighted by atomic mass is 9.12. The lowest BCUT2D eigenvalue weighted by Gasteiger charge is -2.46. The van der Waals surface area contributed by atoms with Gasteiger partial charge in [0, 0.05) is 5.56 Å². The summed E-state index contributed by atoms with van der Waals surface area (Å²) >= 11 is 0. The lowest BCUT2D eigenvalue weighted by molar-refractivity contribution is -0.691. The number of carbonyl (C=O) groups is 1. The summed E-state index contributed by atoms with van der Waals surface area (Å²) in [5, 5.41) is 0. The molecule has 1 heterocycles. The van der Waals surface area contributed by atoms with Crippen LogP contribution >= 0.6 is 0 Å². The summed E-state index contributed by atoms with van der Waals surface area (Å²) in [6.45, 7) is 0.491. The Bertz CT molecular complexity index is 2940. The molecule has 0 aliphatic rings. The second-order valence-corrected chi connectivity index (χ2v) is 17.1. The zero-order valence-electron chi connectivity index (χ0n) is 38.8. The van der Waals surface area contributed by atoms with Gasteiger partial charge in [-0.2, -0.15) is 132 Å². The number of carbonyl (C=O) groups excluding carboxylic acids is 1. The molecular weight excluding hydrogens is 1150 g/mol. The van der Waals surface area contributed by atoms with Crippen LogP contribution in [0.25, 0.3) is 0 Å². The van der Waals surface area contributed by atoms with Gasteiger partial charge < -0.3 is 4.74 Å². The van der Waals surface area contributed by atoms with Crippen molar-refractivity contribution in [2.24, 2.45) is 0 Å². The van der Waals surface area contributed by atoms with E-state index in [9.17, 15) is 115 Å². The van der Waals surface area contributed by atoms with Crippen LogP contribution in [0.4, 0.5) is 110 Å². The number of benzene rings is 6. The minimum atomic E-state index is -6.13. The molecule has 0 bridgehead atoms. The first-order valence-corrected chi connectivity index (χ1v) is 21.7. The van der Waals surface area contributed by atoms with Gasteiger partial charge in [0.1, 0.15) is 12.3 Å². The molecule has 1 aromatic heterocycles. The van der Waals surface area contributed by atoms with Gasteiger partial charge in [-0.1, -0.05) is 91.0 Å². The van der Waals surface area contributed by atoms with E-state index in [4.69, 9.17) is 4.74 Å². The van der Waals surface area contributed by atoms with Gasteiger partial charge in [-0.05, 0) is 36.4 Å². The molecule has 4 nitrogen and oxygen atoms in total. The zero-order valence-corrected chi connectivity index (χ0v) is 38.8. The SMILES string of the molecule is FC(F)(F)c1cc([B-](c2cc(C(F)(F)F)cc(C(F)(F)F)c2)(c2cc(C(F)(F)F)cc(C(F)(F)F)c2)c2cc(C(F)(F)F)cc(C(F)(F)F)c2)cc(C(F)(F)F)c1.O=C(Oc1ccccc1F)c1cncc[n+]1Cc1ccccc1. The monoisotopic (exact) mass is 1170 g/mol. The Labute approximate surface area is 431 Å². The minimum Gasteiger partial charge on any atom is -0.415 e. The van der Waals surface area contributed by atoms with Crippen molar-refractivity contribution in [2.45, 2.75) is 56.0 Å². The molecule has 0 fully saturated rings. The predicted octanol–water partition coefficient (Wildman–Crippen LogP) is 14.0. The number of rotatable bonds is 8. The fraction of sp³-hybridized carbons (Fsp3) is 0.180. The quantitative estimate of drug-likeness (QED) is 0.0501. The highest BCUT2D eigenvalue weighted by atomic mass is 19.4. The van der Waals surface area contributed by atoms with Gasteiger partial charge in [0.2, 0.25) is 0 Å². The summed E-state index contributed by atoms with van der Waals surface area (Å²) in [4.78, 5) is 16.3. The molecular formula is C50H26BF25N2O2. The molecule has 0 saturated carbocycles. The molecule has 0 N–H and O–H groups in total. The molecule has 0 atom stereocenters. The summed E-state index contributed by atoms with van der Waals surface area (Å²) in [6, 6.07) is 6.67. The van der Waals surface area contributed by atoms with Crippen molar-refractivity contribution in [3.8, 4) is 5.75 Å². The topological polar surface area (TPSA) is 43.1 Å². The highest BCUT2D eigenvalue weighted by molar-refractivity contribution is 7.20. The fourth-order valence-corrected chi connectivity index (χ4v) is 8.23. The summed E-state index contributed by atoms with van der Waals surface area (Å²) in [5.74, 6) is -1.34. The van der Waals surface area contributed by atoms with Crippen LogP contribution in [-0.2, 0) is 56.0 Å². The summed E-state index contributed by atoms with van der Waals surface area (Å²) in [5.41, 5.74) is -28.9. The van der Waals surface area contributed by atoms with Crippen LogP contribution in [0.2, 0.25) is 0 Å². The van der Waals surface area contributed by atoms with E-state index >= 15 is 0 Å². The molecule has 0 aliphatic heterocycles. The van der Waals surface area contributed by atoms with E-state index in [1.54, 1.807) is 23.0 Å². The molecule has 6 aromatic carbocycles. The molecule has 0 saturated heterocycles. The summed E-state index contributed by atoms with van der Waals surface area (Å²) in [6.07, 6.45) is -50.1. The number of alkyl halides is 24. The van der Waals surface area contributed by atoms with Crippen molar-refractivity contribution in [2.75, 3.05) is 0 Å². The number of halogens is 25. The first kappa shape index (κ1) is 61.4. The predicted molar refractivity (Wildman–Crippen MR) is 231 cm³/mol. The number of nitrogens with zero attached hydrogens (tertiary/aromatic N) is 2. The zero-order chi connectivity index (χ0) is 60.0. The van der Waals surface area contributed by atoms with Gasteiger partial charge in [-0.25, -0.2) is 9.18 Å². The van der Waals surface area contributed by atoms with Gasteiger partial charge in [0.25, 0.3) is 0 Å². The van der Waals surface area contributed by atoms with Gasteiger partial charge in [-0.3, -0.25) is 4.98 Å². The van der Waals surface area contributed by atoms with Gasteiger partial charge in [0.15, 0.2) is 24.3 Å². The van der Waals surface area contributed by atoms with Crippen LogP contribution in [0.5, 0.6) is 5.75 Å². The summed E-state index contributed by atoms with van der Waals surface area (Å²) in [7, 11) is 0. The van der Waals surface area contributed by atoms with Crippen molar-refractivity contribution in [3.63, 3.8) is 0 Å². The Morgan fingerprint density at radius 2 is 0.700 bits per heavy atom. The number of hydrogen-bond acceptors (Lipinski definition) is 3. The number of esters is 1. The maximum absolute atomic E-state index is 14.2. The fourth-order valence-electron chi connectivity index (χ4n) is 8.23. The Kier molecular flexibility index (Phi) is 16.6. The maximum atomic E-state index is 14.2. The number of hydrogen-bond donors (Lipinski definition) is 0. The second-order valence-electron chi connectivity index (χ2n) is 17.1. The molecule has 0 amide bonds. The summed E-state index contributed by atoms with van der Waals surface area (Å²) < 4.78 is 361. The number of aromatic nitrogens is 2. The lowest BCUT2D eigenvalue weighted by Crippen LogP contribution is -2.75. The molecule has 7 rings (SSSR count). The third kappa shape index (κ3) is 14.1. The largest absolute Gasteiger partial charge is 0.416 e. The molecule has 0 radical (unpaired) electrons.